The zero-order valence-corrected chi connectivity index (χ0v) is 10.4. The molecule has 0 spiro atoms. The Labute approximate surface area is 101 Å². The average molecular weight is 236 g/mol. The van der Waals surface area contributed by atoms with Gasteiger partial charge in [0.05, 0.1) is 5.92 Å². The van der Waals surface area contributed by atoms with Gasteiger partial charge in [-0.05, 0) is 31.0 Å². The van der Waals surface area contributed by atoms with Crippen molar-refractivity contribution in [2.24, 2.45) is 11.8 Å². The molecule has 1 aliphatic rings. The van der Waals surface area contributed by atoms with Crippen molar-refractivity contribution in [3.8, 4) is 0 Å². The third-order valence-corrected chi connectivity index (χ3v) is 3.54. The molecule has 3 N–H and O–H groups in total. The largest absolute Gasteiger partial charge is 0.481 e. The van der Waals surface area contributed by atoms with Crippen molar-refractivity contribution >= 4 is 5.97 Å². The molecule has 1 aromatic heterocycles. The quantitative estimate of drug-likeness (QED) is 0.703. The SMILES string of the molecule is CC(C)(CNCC1CC1C(=O)O)c1ccc[nH]1. The van der Waals surface area contributed by atoms with E-state index in [2.05, 4.69) is 30.2 Å². The van der Waals surface area contributed by atoms with E-state index in [0.29, 0.717) is 5.92 Å². The maximum atomic E-state index is 10.7. The fourth-order valence-corrected chi connectivity index (χ4v) is 2.19. The average Bonchev–Trinajstić information content (AvgIpc) is 2.81. The van der Waals surface area contributed by atoms with Crippen LogP contribution >= 0.6 is 0 Å². The van der Waals surface area contributed by atoms with Crippen molar-refractivity contribution in [2.75, 3.05) is 13.1 Å². The van der Waals surface area contributed by atoms with Gasteiger partial charge < -0.3 is 15.4 Å². The molecule has 1 heterocycles. The molecule has 2 unspecified atom stereocenters. The Morgan fingerprint density at radius 2 is 2.41 bits per heavy atom. The molecule has 4 nitrogen and oxygen atoms in total. The molecule has 1 aliphatic carbocycles. The summed E-state index contributed by atoms with van der Waals surface area (Å²) < 4.78 is 0. The van der Waals surface area contributed by atoms with Gasteiger partial charge in [0, 0.05) is 23.9 Å². The number of nitrogens with one attached hydrogen (secondary N) is 2. The number of carboxylic acid groups (broad SMARTS) is 1. The number of hydrogen-bond donors (Lipinski definition) is 3. The number of aliphatic carboxylic acids is 1. The summed E-state index contributed by atoms with van der Waals surface area (Å²) in [6.45, 7) is 6.01. The van der Waals surface area contributed by atoms with Crippen LogP contribution in [0, 0.1) is 11.8 Å². The van der Waals surface area contributed by atoms with Crippen LogP contribution in [0.4, 0.5) is 0 Å². The van der Waals surface area contributed by atoms with Gasteiger partial charge in [-0.3, -0.25) is 4.79 Å². The number of carboxylic acids is 1. The topological polar surface area (TPSA) is 65.1 Å². The van der Waals surface area contributed by atoms with Crippen molar-refractivity contribution in [1.82, 2.24) is 10.3 Å². The van der Waals surface area contributed by atoms with E-state index in [1.165, 1.54) is 5.69 Å². The summed E-state index contributed by atoms with van der Waals surface area (Å²) in [5, 5.41) is 12.2. The number of aromatic amines is 1. The summed E-state index contributed by atoms with van der Waals surface area (Å²) in [7, 11) is 0. The van der Waals surface area contributed by atoms with Gasteiger partial charge in [0.2, 0.25) is 0 Å². The molecular formula is C13H20N2O2. The van der Waals surface area contributed by atoms with Crippen LogP contribution in [-0.2, 0) is 10.2 Å². The Bertz CT molecular complexity index is 384. The van der Waals surface area contributed by atoms with Crippen LogP contribution in [0.2, 0.25) is 0 Å². The number of H-pyrrole nitrogens is 1. The van der Waals surface area contributed by atoms with Gasteiger partial charge in [0.1, 0.15) is 0 Å². The van der Waals surface area contributed by atoms with Crippen molar-refractivity contribution < 1.29 is 9.90 Å². The number of carbonyl (C=O) groups is 1. The Hall–Kier alpha value is -1.29. The molecular weight excluding hydrogens is 216 g/mol. The van der Waals surface area contributed by atoms with E-state index in [-0.39, 0.29) is 11.3 Å². The first-order valence-corrected chi connectivity index (χ1v) is 6.08. The molecule has 17 heavy (non-hydrogen) atoms. The highest BCUT2D eigenvalue weighted by atomic mass is 16.4. The molecule has 1 saturated carbocycles. The molecule has 94 valence electrons. The number of hydrogen-bond acceptors (Lipinski definition) is 2. The second-order valence-electron chi connectivity index (χ2n) is 5.54. The molecule has 0 amide bonds. The first kappa shape index (κ1) is 12.2. The number of aromatic nitrogens is 1. The van der Waals surface area contributed by atoms with E-state index in [1.807, 2.05) is 12.3 Å². The van der Waals surface area contributed by atoms with E-state index in [0.717, 1.165) is 19.5 Å². The minimum Gasteiger partial charge on any atom is -0.481 e. The van der Waals surface area contributed by atoms with Crippen LogP contribution in [0.3, 0.4) is 0 Å². The van der Waals surface area contributed by atoms with Crippen LogP contribution in [-0.4, -0.2) is 29.1 Å². The molecule has 4 heteroatoms. The third kappa shape index (κ3) is 2.88. The van der Waals surface area contributed by atoms with Gasteiger partial charge >= 0.3 is 5.97 Å². The predicted molar refractivity (Wildman–Crippen MR) is 65.9 cm³/mol. The highest BCUT2D eigenvalue weighted by Crippen LogP contribution is 2.37. The Morgan fingerprint density at radius 1 is 1.65 bits per heavy atom. The zero-order valence-electron chi connectivity index (χ0n) is 10.4. The zero-order chi connectivity index (χ0) is 12.5. The third-order valence-electron chi connectivity index (χ3n) is 3.54. The van der Waals surface area contributed by atoms with E-state index < -0.39 is 5.97 Å². The lowest BCUT2D eigenvalue weighted by Crippen LogP contribution is -2.34. The second kappa shape index (κ2) is 4.53. The molecule has 2 rings (SSSR count). The van der Waals surface area contributed by atoms with Gasteiger partial charge in [-0.1, -0.05) is 13.8 Å². The van der Waals surface area contributed by atoms with Crippen LogP contribution in [0.1, 0.15) is 26.0 Å². The molecule has 1 fully saturated rings. The minimum atomic E-state index is -0.652. The molecule has 1 aromatic rings. The van der Waals surface area contributed by atoms with Crippen molar-refractivity contribution in [1.29, 1.82) is 0 Å². The van der Waals surface area contributed by atoms with Gasteiger partial charge in [-0.2, -0.15) is 0 Å². The normalized spacial score (nSPS) is 23.6. The maximum absolute atomic E-state index is 10.7. The van der Waals surface area contributed by atoms with Crippen LogP contribution in [0.5, 0.6) is 0 Å². The van der Waals surface area contributed by atoms with E-state index in [1.54, 1.807) is 0 Å². The Kier molecular flexibility index (Phi) is 3.24. The molecule has 0 aliphatic heterocycles. The van der Waals surface area contributed by atoms with Gasteiger partial charge in [-0.25, -0.2) is 0 Å². The first-order valence-electron chi connectivity index (χ1n) is 6.08. The van der Waals surface area contributed by atoms with Crippen molar-refractivity contribution in [2.45, 2.75) is 25.7 Å². The van der Waals surface area contributed by atoms with Gasteiger partial charge in [0.25, 0.3) is 0 Å². The lowest BCUT2D eigenvalue weighted by atomic mass is 9.89. The van der Waals surface area contributed by atoms with Crippen LogP contribution in [0.15, 0.2) is 18.3 Å². The second-order valence-corrected chi connectivity index (χ2v) is 5.54. The molecule has 2 atom stereocenters. The fraction of sp³-hybridized carbons (Fsp3) is 0.615. The summed E-state index contributed by atoms with van der Waals surface area (Å²) in [4.78, 5) is 13.9. The molecule has 0 aromatic carbocycles. The standard InChI is InChI=1S/C13H20N2O2/c1-13(2,11-4-3-5-15-11)8-14-7-9-6-10(9)12(16)17/h3-5,9-10,14-15H,6-8H2,1-2H3,(H,16,17). The van der Waals surface area contributed by atoms with E-state index in [9.17, 15) is 4.79 Å². The first-order chi connectivity index (χ1) is 8.00. The summed E-state index contributed by atoms with van der Waals surface area (Å²) >= 11 is 0. The molecule has 0 radical (unpaired) electrons. The fourth-order valence-electron chi connectivity index (χ4n) is 2.19. The predicted octanol–water partition coefficient (Wildman–Crippen LogP) is 1.60. The monoisotopic (exact) mass is 236 g/mol. The Morgan fingerprint density at radius 3 is 2.94 bits per heavy atom. The van der Waals surface area contributed by atoms with E-state index in [4.69, 9.17) is 5.11 Å². The minimum absolute atomic E-state index is 0.0527. The highest BCUT2D eigenvalue weighted by Gasteiger charge is 2.42. The lowest BCUT2D eigenvalue weighted by molar-refractivity contribution is -0.138. The summed E-state index contributed by atoms with van der Waals surface area (Å²) in [6, 6.07) is 4.08. The van der Waals surface area contributed by atoms with Gasteiger partial charge in [0.15, 0.2) is 0 Å². The summed E-state index contributed by atoms with van der Waals surface area (Å²) in [5.41, 5.74) is 1.26. The maximum Gasteiger partial charge on any atom is 0.306 e. The van der Waals surface area contributed by atoms with E-state index >= 15 is 0 Å². The van der Waals surface area contributed by atoms with Crippen molar-refractivity contribution in [3.05, 3.63) is 24.0 Å². The van der Waals surface area contributed by atoms with Gasteiger partial charge in [-0.15, -0.1) is 0 Å². The molecule has 0 bridgehead atoms. The van der Waals surface area contributed by atoms with Crippen LogP contribution < -0.4 is 5.32 Å². The van der Waals surface area contributed by atoms with Crippen LogP contribution in [0.25, 0.3) is 0 Å². The number of rotatable bonds is 6. The lowest BCUT2D eigenvalue weighted by Gasteiger charge is -2.24. The highest BCUT2D eigenvalue weighted by molar-refractivity contribution is 5.73. The van der Waals surface area contributed by atoms with Crippen molar-refractivity contribution in [3.63, 3.8) is 0 Å². The summed E-state index contributed by atoms with van der Waals surface area (Å²) in [6.07, 6.45) is 2.75. The summed E-state index contributed by atoms with van der Waals surface area (Å²) in [5.74, 6) is -0.441. The smallest absolute Gasteiger partial charge is 0.306 e. The molecule has 0 saturated heterocycles. The Balaban J connectivity index is 1.74.